The largest absolute Gasteiger partial charge is 0.314 e. The van der Waals surface area contributed by atoms with Crippen LogP contribution in [0.5, 0.6) is 0 Å². The van der Waals surface area contributed by atoms with E-state index in [1.807, 2.05) is 12.1 Å². The van der Waals surface area contributed by atoms with Crippen molar-refractivity contribution in [1.29, 1.82) is 0 Å². The van der Waals surface area contributed by atoms with Gasteiger partial charge in [-0.2, -0.15) is 0 Å². The molecule has 1 fully saturated rings. The van der Waals surface area contributed by atoms with Gasteiger partial charge in [0.2, 0.25) is 0 Å². The summed E-state index contributed by atoms with van der Waals surface area (Å²) in [5, 5.41) is 3.55. The second-order valence-electron chi connectivity index (χ2n) is 4.73. The first-order valence-corrected chi connectivity index (χ1v) is 7.00. The molecule has 0 aromatic heterocycles. The summed E-state index contributed by atoms with van der Waals surface area (Å²) in [4.78, 5) is 2.36. The molecule has 1 aromatic carbocycles. The van der Waals surface area contributed by atoms with Gasteiger partial charge in [0.05, 0.1) is 5.02 Å². The van der Waals surface area contributed by atoms with Gasteiger partial charge in [-0.3, -0.25) is 4.90 Å². The molecule has 1 saturated heterocycles. The lowest BCUT2D eigenvalue weighted by atomic mass is 9.99. The molecule has 0 spiro atoms. The highest BCUT2D eigenvalue weighted by atomic mass is 35.5. The monoisotopic (exact) mass is 342 g/mol. The highest BCUT2D eigenvalue weighted by Crippen LogP contribution is 2.30. The predicted molar refractivity (Wildman–Crippen MR) is 88.0 cm³/mol. The summed E-state index contributed by atoms with van der Waals surface area (Å²) in [6.07, 6.45) is 2.01. The average molecular weight is 344 g/mol. The van der Waals surface area contributed by atoms with E-state index < -0.39 is 0 Å². The van der Waals surface area contributed by atoms with Crippen LogP contribution in [-0.4, -0.2) is 31.1 Å². The predicted octanol–water partition coefficient (Wildman–Crippen LogP) is 4.07. The Balaban J connectivity index is 0.00000180. The number of rotatable bonds is 4. The molecule has 0 radical (unpaired) electrons. The second-order valence-corrected chi connectivity index (χ2v) is 5.14. The molecule has 1 N–H and O–H groups in total. The van der Waals surface area contributed by atoms with Gasteiger partial charge < -0.3 is 5.32 Å². The number of piperazine rings is 1. The molecule has 2 rings (SSSR count). The Labute approximate surface area is 137 Å². The molecule has 2 nitrogen and oxygen atoms in total. The molecule has 0 saturated carbocycles. The van der Waals surface area contributed by atoms with Gasteiger partial charge in [-0.1, -0.05) is 37.1 Å². The van der Waals surface area contributed by atoms with Crippen molar-refractivity contribution in [3.8, 4) is 0 Å². The SMILES string of the molecule is CCC[C@H](c1cccc(Cl)c1F)N1CCNCC1.Cl.Cl. The fourth-order valence-corrected chi connectivity index (χ4v) is 2.76. The van der Waals surface area contributed by atoms with E-state index in [4.69, 9.17) is 11.6 Å². The zero-order valence-corrected chi connectivity index (χ0v) is 14.0. The van der Waals surface area contributed by atoms with Crippen molar-refractivity contribution >= 4 is 36.4 Å². The van der Waals surface area contributed by atoms with Gasteiger partial charge in [0.25, 0.3) is 0 Å². The van der Waals surface area contributed by atoms with E-state index in [0.29, 0.717) is 0 Å². The van der Waals surface area contributed by atoms with E-state index in [1.54, 1.807) is 6.07 Å². The number of hydrogen-bond donors (Lipinski definition) is 1. The van der Waals surface area contributed by atoms with E-state index in [-0.39, 0.29) is 41.7 Å². The van der Waals surface area contributed by atoms with Crippen molar-refractivity contribution in [3.63, 3.8) is 0 Å². The molecule has 1 atom stereocenters. The molecule has 116 valence electrons. The zero-order chi connectivity index (χ0) is 13.0. The number of nitrogens with zero attached hydrogens (tertiary/aromatic N) is 1. The van der Waals surface area contributed by atoms with Crippen LogP contribution in [0.15, 0.2) is 18.2 Å². The molecule has 0 bridgehead atoms. The molecular formula is C14H22Cl3FN2. The Morgan fingerprint density at radius 3 is 2.55 bits per heavy atom. The van der Waals surface area contributed by atoms with E-state index in [9.17, 15) is 4.39 Å². The number of hydrogen-bond acceptors (Lipinski definition) is 2. The minimum Gasteiger partial charge on any atom is -0.314 e. The van der Waals surface area contributed by atoms with Crippen LogP contribution in [0.2, 0.25) is 5.02 Å². The van der Waals surface area contributed by atoms with Crippen LogP contribution in [0, 0.1) is 5.82 Å². The molecular weight excluding hydrogens is 322 g/mol. The van der Waals surface area contributed by atoms with E-state index in [1.165, 1.54) is 0 Å². The fraction of sp³-hybridized carbons (Fsp3) is 0.571. The Hall–Kier alpha value is -0.0600. The summed E-state index contributed by atoms with van der Waals surface area (Å²) >= 11 is 5.89. The normalized spacial score (nSPS) is 16.9. The first-order chi connectivity index (χ1) is 8.74. The van der Waals surface area contributed by atoms with Crippen molar-refractivity contribution < 1.29 is 4.39 Å². The molecule has 1 aliphatic rings. The fourth-order valence-electron chi connectivity index (χ4n) is 2.58. The van der Waals surface area contributed by atoms with Crippen LogP contribution >= 0.6 is 36.4 Å². The van der Waals surface area contributed by atoms with Crippen molar-refractivity contribution in [1.82, 2.24) is 10.2 Å². The third-order valence-electron chi connectivity index (χ3n) is 3.49. The van der Waals surface area contributed by atoms with Crippen LogP contribution in [0.1, 0.15) is 31.4 Å². The van der Waals surface area contributed by atoms with Gasteiger partial charge in [-0.05, 0) is 12.5 Å². The maximum atomic E-state index is 14.2. The lowest BCUT2D eigenvalue weighted by Crippen LogP contribution is -2.45. The van der Waals surface area contributed by atoms with Crippen molar-refractivity contribution in [2.24, 2.45) is 0 Å². The molecule has 1 heterocycles. The van der Waals surface area contributed by atoms with E-state index in [2.05, 4.69) is 17.1 Å². The van der Waals surface area contributed by atoms with Gasteiger partial charge in [0.15, 0.2) is 0 Å². The number of nitrogens with one attached hydrogen (secondary N) is 1. The standard InChI is InChI=1S/C14H20ClFN2.2ClH/c1-2-4-13(18-9-7-17-8-10-18)11-5-3-6-12(15)14(11)16;;/h3,5-6,13,17H,2,4,7-10H2,1H3;2*1H/t13-;;/m1../s1. The van der Waals surface area contributed by atoms with Crippen molar-refractivity contribution in [2.75, 3.05) is 26.2 Å². The van der Waals surface area contributed by atoms with Crippen LogP contribution < -0.4 is 5.32 Å². The Kier molecular flexibility index (Phi) is 9.77. The molecule has 0 amide bonds. The molecule has 1 aliphatic heterocycles. The van der Waals surface area contributed by atoms with Gasteiger partial charge in [0.1, 0.15) is 5.82 Å². The molecule has 1 aromatic rings. The minimum atomic E-state index is -0.254. The van der Waals surface area contributed by atoms with E-state index in [0.717, 1.165) is 44.6 Å². The van der Waals surface area contributed by atoms with Gasteiger partial charge >= 0.3 is 0 Å². The molecule has 0 aliphatic carbocycles. The third-order valence-corrected chi connectivity index (χ3v) is 3.79. The second kappa shape index (κ2) is 9.80. The summed E-state index contributed by atoms with van der Waals surface area (Å²) in [6, 6.07) is 5.46. The molecule has 20 heavy (non-hydrogen) atoms. The Morgan fingerprint density at radius 2 is 1.95 bits per heavy atom. The molecule has 6 heteroatoms. The zero-order valence-electron chi connectivity index (χ0n) is 11.6. The summed E-state index contributed by atoms with van der Waals surface area (Å²) in [5.74, 6) is -0.254. The topological polar surface area (TPSA) is 15.3 Å². The Bertz CT molecular complexity index is 398. The maximum Gasteiger partial charge on any atom is 0.146 e. The van der Waals surface area contributed by atoms with Crippen LogP contribution in [0.25, 0.3) is 0 Å². The lowest BCUT2D eigenvalue weighted by molar-refractivity contribution is 0.161. The van der Waals surface area contributed by atoms with Crippen LogP contribution in [-0.2, 0) is 0 Å². The highest BCUT2D eigenvalue weighted by molar-refractivity contribution is 6.30. The van der Waals surface area contributed by atoms with E-state index >= 15 is 0 Å². The average Bonchev–Trinajstić information content (AvgIpc) is 2.41. The quantitative estimate of drug-likeness (QED) is 0.886. The van der Waals surface area contributed by atoms with Crippen molar-refractivity contribution in [3.05, 3.63) is 34.6 Å². The number of benzene rings is 1. The maximum absolute atomic E-state index is 14.2. The highest BCUT2D eigenvalue weighted by Gasteiger charge is 2.24. The minimum absolute atomic E-state index is 0. The summed E-state index contributed by atoms with van der Waals surface area (Å²) in [6.45, 7) is 6.02. The summed E-state index contributed by atoms with van der Waals surface area (Å²) < 4.78 is 14.2. The smallest absolute Gasteiger partial charge is 0.146 e. The number of halogens is 4. The van der Waals surface area contributed by atoms with Crippen LogP contribution in [0.4, 0.5) is 4.39 Å². The van der Waals surface area contributed by atoms with Gasteiger partial charge in [0, 0.05) is 37.8 Å². The lowest BCUT2D eigenvalue weighted by Gasteiger charge is -2.35. The van der Waals surface area contributed by atoms with Crippen molar-refractivity contribution in [2.45, 2.75) is 25.8 Å². The summed E-state index contributed by atoms with van der Waals surface area (Å²) in [5.41, 5.74) is 0.742. The van der Waals surface area contributed by atoms with Crippen LogP contribution in [0.3, 0.4) is 0 Å². The van der Waals surface area contributed by atoms with Gasteiger partial charge in [-0.15, -0.1) is 24.8 Å². The third kappa shape index (κ3) is 4.74. The Morgan fingerprint density at radius 1 is 1.30 bits per heavy atom. The van der Waals surface area contributed by atoms with Gasteiger partial charge in [-0.25, -0.2) is 4.39 Å². The first-order valence-electron chi connectivity index (χ1n) is 6.62. The molecule has 0 unspecified atom stereocenters. The first kappa shape index (κ1) is 19.9. The summed E-state index contributed by atoms with van der Waals surface area (Å²) in [7, 11) is 0.